The van der Waals surface area contributed by atoms with Crippen molar-refractivity contribution in [2.75, 3.05) is 11.1 Å². The van der Waals surface area contributed by atoms with E-state index in [4.69, 9.17) is 5.73 Å². The Bertz CT molecular complexity index is 641. The van der Waals surface area contributed by atoms with Crippen LogP contribution in [0.2, 0.25) is 0 Å². The van der Waals surface area contributed by atoms with Crippen molar-refractivity contribution >= 4 is 17.3 Å². The number of halogens is 1. The summed E-state index contributed by atoms with van der Waals surface area (Å²) < 4.78 is 13.1. The zero-order valence-corrected chi connectivity index (χ0v) is 10.3. The second kappa shape index (κ2) is 4.97. The number of anilines is 2. The Hall–Kier alpha value is -2.56. The third-order valence-corrected chi connectivity index (χ3v) is 2.74. The molecule has 0 aliphatic carbocycles. The van der Waals surface area contributed by atoms with E-state index in [2.05, 4.69) is 5.32 Å². The fraction of sp³-hybridized carbons (Fsp3) is 0.0714. The number of benzene rings is 2. The lowest BCUT2D eigenvalue weighted by atomic mass is 10.1. The van der Waals surface area contributed by atoms with Gasteiger partial charge in [-0.05, 0) is 42.8 Å². The number of aromatic hydroxyl groups is 1. The summed E-state index contributed by atoms with van der Waals surface area (Å²) in [7, 11) is 0. The van der Waals surface area contributed by atoms with Gasteiger partial charge in [-0.1, -0.05) is 6.07 Å². The van der Waals surface area contributed by atoms with Crippen molar-refractivity contribution in [1.29, 1.82) is 0 Å². The molecule has 2 aromatic carbocycles. The minimum Gasteiger partial charge on any atom is -0.507 e. The molecule has 1 amide bonds. The van der Waals surface area contributed by atoms with Gasteiger partial charge in [-0.15, -0.1) is 0 Å². The summed E-state index contributed by atoms with van der Waals surface area (Å²) in [5.74, 6) is -1.47. The van der Waals surface area contributed by atoms with Gasteiger partial charge < -0.3 is 16.2 Å². The standard InChI is InChI=1S/C14H13FN2O2/c1-8-2-4-10(7-12(8)16)17-14(19)11-6-9(15)3-5-13(11)18/h2-7,18H,16H2,1H3,(H,17,19). The highest BCUT2D eigenvalue weighted by Gasteiger charge is 2.12. The van der Waals surface area contributed by atoms with E-state index < -0.39 is 11.7 Å². The Morgan fingerprint density at radius 3 is 2.68 bits per heavy atom. The molecule has 0 saturated carbocycles. The van der Waals surface area contributed by atoms with Crippen molar-refractivity contribution in [3.8, 4) is 5.75 Å². The van der Waals surface area contributed by atoms with Gasteiger partial charge in [0, 0.05) is 11.4 Å². The Kier molecular flexibility index (Phi) is 3.37. The normalized spacial score (nSPS) is 10.2. The van der Waals surface area contributed by atoms with Crippen molar-refractivity contribution in [2.24, 2.45) is 0 Å². The number of rotatable bonds is 2. The van der Waals surface area contributed by atoms with Crippen LogP contribution in [0, 0.1) is 12.7 Å². The van der Waals surface area contributed by atoms with Crippen LogP contribution in [0.1, 0.15) is 15.9 Å². The first kappa shape index (κ1) is 12.9. The predicted octanol–water partition coefficient (Wildman–Crippen LogP) is 2.67. The predicted molar refractivity (Wildman–Crippen MR) is 71.6 cm³/mol. The third kappa shape index (κ3) is 2.82. The maximum Gasteiger partial charge on any atom is 0.259 e. The molecule has 0 fully saturated rings. The number of hydrogen-bond acceptors (Lipinski definition) is 3. The maximum atomic E-state index is 13.1. The summed E-state index contributed by atoms with van der Waals surface area (Å²) in [6.45, 7) is 1.85. The molecule has 2 rings (SSSR count). The summed E-state index contributed by atoms with van der Waals surface area (Å²) in [6.07, 6.45) is 0. The van der Waals surface area contributed by atoms with Crippen LogP contribution in [0.4, 0.5) is 15.8 Å². The van der Waals surface area contributed by atoms with E-state index in [1.807, 2.05) is 6.92 Å². The van der Waals surface area contributed by atoms with Crippen LogP contribution in [-0.4, -0.2) is 11.0 Å². The SMILES string of the molecule is Cc1ccc(NC(=O)c2cc(F)ccc2O)cc1N. The molecule has 0 spiro atoms. The highest BCUT2D eigenvalue weighted by atomic mass is 19.1. The zero-order valence-electron chi connectivity index (χ0n) is 10.3. The number of nitrogens with one attached hydrogen (secondary N) is 1. The van der Waals surface area contributed by atoms with Gasteiger partial charge in [0.2, 0.25) is 0 Å². The molecule has 0 saturated heterocycles. The Morgan fingerprint density at radius 1 is 1.26 bits per heavy atom. The molecule has 0 heterocycles. The molecular formula is C14H13FN2O2. The van der Waals surface area contributed by atoms with Gasteiger partial charge in [-0.2, -0.15) is 0 Å². The van der Waals surface area contributed by atoms with E-state index >= 15 is 0 Å². The van der Waals surface area contributed by atoms with Gasteiger partial charge in [-0.25, -0.2) is 4.39 Å². The number of hydrogen-bond donors (Lipinski definition) is 3. The van der Waals surface area contributed by atoms with Crippen molar-refractivity contribution in [1.82, 2.24) is 0 Å². The molecule has 0 aliphatic rings. The van der Waals surface area contributed by atoms with E-state index in [9.17, 15) is 14.3 Å². The van der Waals surface area contributed by atoms with Crippen LogP contribution >= 0.6 is 0 Å². The molecule has 0 radical (unpaired) electrons. The topological polar surface area (TPSA) is 75.3 Å². The summed E-state index contributed by atoms with van der Waals surface area (Å²) >= 11 is 0. The Balaban J connectivity index is 2.25. The molecule has 0 unspecified atom stereocenters. The number of phenolic OH excluding ortho intramolecular Hbond substituents is 1. The van der Waals surface area contributed by atoms with Crippen LogP contribution in [0.3, 0.4) is 0 Å². The van der Waals surface area contributed by atoms with Crippen molar-refractivity contribution in [2.45, 2.75) is 6.92 Å². The summed E-state index contributed by atoms with van der Waals surface area (Å²) in [6, 6.07) is 8.23. The van der Waals surface area contributed by atoms with Gasteiger partial charge >= 0.3 is 0 Å². The van der Waals surface area contributed by atoms with E-state index in [1.165, 1.54) is 0 Å². The second-order valence-electron chi connectivity index (χ2n) is 4.19. The molecule has 0 bridgehead atoms. The lowest BCUT2D eigenvalue weighted by Gasteiger charge is -2.08. The monoisotopic (exact) mass is 260 g/mol. The van der Waals surface area contributed by atoms with Gasteiger partial charge in [0.1, 0.15) is 11.6 Å². The number of phenols is 1. The molecular weight excluding hydrogens is 247 g/mol. The first-order chi connectivity index (χ1) is 8.97. The van der Waals surface area contributed by atoms with E-state index in [0.29, 0.717) is 11.4 Å². The Labute approximate surface area is 109 Å². The van der Waals surface area contributed by atoms with E-state index in [1.54, 1.807) is 18.2 Å². The van der Waals surface area contributed by atoms with Crippen LogP contribution < -0.4 is 11.1 Å². The van der Waals surface area contributed by atoms with Gasteiger partial charge in [0.15, 0.2) is 0 Å². The van der Waals surface area contributed by atoms with Gasteiger partial charge in [0.05, 0.1) is 5.56 Å². The summed E-state index contributed by atoms with van der Waals surface area (Å²) in [4.78, 5) is 11.9. The molecule has 2 aromatic rings. The van der Waals surface area contributed by atoms with Crippen LogP contribution in [0.25, 0.3) is 0 Å². The van der Waals surface area contributed by atoms with Crippen LogP contribution in [0.5, 0.6) is 5.75 Å². The minimum absolute atomic E-state index is 0.126. The average Bonchev–Trinajstić information content (AvgIpc) is 2.36. The quantitative estimate of drug-likeness (QED) is 0.727. The lowest BCUT2D eigenvalue weighted by Crippen LogP contribution is -2.12. The molecule has 19 heavy (non-hydrogen) atoms. The fourth-order valence-corrected chi connectivity index (χ4v) is 1.61. The summed E-state index contributed by atoms with van der Waals surface area (Å²) in [5.41, 5.74) is 7.52. The highest BCUT2D eigenvalue weighted by molar-refractivity contribution is 6.06. The van der Waals surface area contributed by atoms with Crippen LogP contribution in [-0.2, 0) is 0 Å². The Morgan fingerprint density at radius 2 is 2.00 bits per heavy atom. The number of amides is 1. The molecule has 0 aliphatic heterocycles. The number of carbonyl (C=O) groups excluding carboxylic acids is 1. The van der Waals surface area contributed by atoms with E-state index in [0.717, 1.165) is 23.8 Å². The first-order valence-electron chi connectivity index (χ1n) is 5.63. The lowest BCUT2D eigenvalue weighted by molar-refractivity contribution is 0.102. The third-order valence-electron chi connectivity index (χ3n) is 2.74. The van der Waals surface area contributed by atoms with Gasteiger partial charge in [-0.3, -0.25) is 4.79 Å². The largest absolute Gasteiger partial charge is 0.507 e. The zero-order chi connectivity index (χ0) is 14.0. The second-order valence-corrected chi connectivity index (χ2v) is 4.19. The smallest absolute Gasteiger partial charge is 0.259 e. The average molecular weight is 260 g/mol. The number of aryl methyl sites for hydroxylation is 1. The first-order valence-corrected chi connectivity index (χ1v) is 5.63. The fourth-order valence-electron chi connectivity index (χ4n) is 1.61. The number of nitrogen functional groups attached to an aromatic ring is 1. The van der Waals surface area contributed by atoms with Crippen molar-refractivity contribution in [3.63, 3.8) is 0 Å². The highest BCUT2D eigenvalue weighted by Crippen LogP contribution is 2.21. The molecule has 4 nitrogen and oxygen atoms in total. The van der Waals surface area contributed by atoms with E-state index in [-0.39, 0.29) is 11.3 Å². The molecule has 4 N–H and O–H groups in total. The summed E-state index contributed by atoms with van der Waals surface area (Å²) in [5, 5.41) is 12.1. The maximum absolute atomic E-state index is 13.1. The number of nitrogens with two attached hydrogens (primary N) is 1. The molecule has 0 atom stereocenters. The van der Waals surface area contributed by atoms with Crippen molar-refractivity contribution < 1.29 is 14.3 Å². The van der Waals surface area contributed by atoms with Crippen LogP contribution in [0.15, 0.2) is 36.4 Å². The van der Waals surface area contributed by atoms with Gasteiger partial charge in [0.25, 0.3) is 5.91 Å². The number of carbonyl (C=O) groups is 1. The van der Waals surface area contributed by atoms with Crippen molar-refractivity contribution in [3.05, 3.63) is 53.3 Å². The minimum atomic E-state index is -0.597. The molecule has 5 heteroatoms. The molecule has 98 valence electrons. The molecule has 0 aromatic heterocycles.